The molecule has 24 heavy (non-hydrogen) atoms. The molecule has 0 unspecified atom stereocenters. The predicted octanol–water partition coefficient (Wildman–Crippen LogP) is -1.17. The number of nitrogen functional groups attached to an aromatic ring is 1. The van der Waals surface area contributed by atoms with Crippen LogP contribution in [0.1, 0.15) is 20.1 Å². The minimum absolute atomic E-state index is 0.0356. The molecule has 0 saturated carbocycles. The smallest absolute Gasteiger partial charge is 0.351 e. The summed E-state index contributed by atoms with van der Waals surface area (Å²) in [5.74, 6) is -1.73. The summed E-state index contributed by atoms with van der Waals surface area (Å²) in [5, 5.41) is 9.50. The van der Waals surface area contributed by atoms with Gasteiger partial charge in [0.15, 0.2) is 12.3 Å². The van der Waals surface area contributed by atoms with E-state index >= 15 is 0 Å². The molecule has 0 aliphatic carbocycles. The van der Waals surface area contributed by atoms with Crippen LogP contribution in [0, 0.1) is 5.92 Å². The van der Waals surface area contributed by atoms with Crippen LogP contribution in [0.5, 0.6) is 0 Å². The lowest BCUT2D eigenvalue weighted by molar-refractivity contribution is -0.155. The Morgan fingerprint density at radius 2 is 2.12 bits per heavy atom. The van der Waals surface area contributed by atoms with Gasteiger partial charge in [0.05, 0.1) is 18.6 Å². The van der Waals surface area contributed by atoms with E-state index in [-0.39, 0.29) is 12.4 Å². The fourth-order valence-corrected chi connectivity index (χ4v) is 2.56. The van der Waals surface area contributed by atoms with E-state index in [2.05, 4.69) is 4.98 Å². The Hall–Kier alpha value is -2.46. The van der Waals surface area contributed by atoms with Crippen LogP contribution in [0.4, 0.5) is 5.82 Å². The number of carbonyl (C=O) groups is 2. The standard InChI is InChI=1S/C14H19N3O7/c1-7(19)22-6-9-10(5-18)24-13(12(9)23-8(2)20)17-4-3-11(15)16-14(17)21/h3-4,9-10,12-13,18H,5-6H2,1-2H3,(H2,15,16,21)/t9-,10-,12-,13-/m1/s1. The van der Waals surface area contributed by atoms with Gasteiger partial charge in [-0.15, -0.1) is 0 Å². The van der Waals surface area contributed by atoms with E-state index in [1.165, 1.54) is 26.1 Å². The average molecular weight is 341 g/mol. The van der Waals surface area contributed by atoms with E-state index in [9.17, 15) is 19.5 Å². The van der Waals surface area contributed by atoms with Crippen molar-refractivity contribution in [2.45, 2.75) is 32.3 Å². The highest BCUT2D eigenvalue weighted by molar-refractivity contribution is 5.66. The lowest BCUT2D eigenvalue weighted by Gasteiger charge is -2.23. The molecule has 2 heterocycles. The van der Waals surface area contributed by atoms with Crippen molar-refractivity contribution in [3.8, 4) is 0 Å². The molecule has 0 radical (unpaired) electrons. The van der Waals surface area contributed by atoms with Gasteiger partial charge in [0.2, 0.25) is 0 Å². The van der Waals surface area contributed by atoms with Crippen molar-refractivity contribution in [1.29, 1.82) is 0 Å². The number of aliphatic hydroxyl groups excluding tert-OH is 1. The van der Waals surface area contributed by atoms with Crippen molar-refractivity contribution in [2.24, 2.45) is 5.92 Å². The molecule has 0 aromatic carbocycles. The minimum Gasteiger partial charge on any atom is -0.465 e. The summed E-state index contributed by atoms with van der Waals surface area (Å²) in [6.07, 6.45) is -1.40. The SMILES string of the molecule is CC(=O)OC[C@H]1[C@@H](OC(C)=O)[C@H](n2ccc(N)nc2=O)O[C@@H]1CO. The molecule has 0 bridgehead atoms. The van der Waals surface area contributed by atoms with E-state index in [0.717, 1.165) is 4.57 Å². The van der Waals surface area contributed by atoms with Gasteiger partial charge >= 0.3 is 17.6 Å². The number of anilines is 1. The average Bonchev–Trinajstić information content (AvgIpc) is 2.82. The molecule has 1 aliphatic rings. The first-order chi connectivity index (χ1) is 11.3. The molecule has 1 fully saturated rings. The Balaban J connectivity index is 2.36. The first kappa shape index (κ1) is 17.9. The number of aromatic nitrogens is 2. The van der Waals surface area contributed by atoms with Crippen LogP contribution in [-0.2, 0) is 23.8 Å². The first-order valence-electron chi connectivity index (χ1n) is 7.25. The molecule has 1 aromatic heterocycles. The van der Waals surface area contributed by atoms with Crippen molar-refractivity contribution in [3.63, 3.8) is 0 Å². The number of aliphatic hydroxyl groups is 1. The summed E-state index contributed by atoms with van der Waals surface area (Å²) in [6.45, 7) is 1.90. The summed E-state index contributed by atoms with van der Waals surface area (Å²) in [5.41, 5.74) is 4.76. The third kappa shape index (κ3) is 3.89. The molecule has 10 heteroatoms. The number of nitrogens with zero attached hydrogens (tertiary/aromatic N) is 2. The quantitative estimate of drug-likeness (QED) is 0.633. The number of carbonyl (C=O) groups excluding carboxylic acids is 2. The Bertz CT molecular complexity index is 675. The van der Waals surface area contributed by atoms with E-state index < -0.39 is 48.6 Å². The molecular formula is C14H19N3O7. The minimum atomic E-state index is -1.02. The fraction of sp³-hybridized carbons (Fsp3) is 0.571. The number of esters is 2. The maximum absolute atomic E-state index is 12.0. The highest BCUT2D eigenvalue weighted by Crippen LogP contribution is 2.35. The predicted molar refractivity (Wildman–Crippen MR) is 79.6 cm³/mol. The number of nitrogens with two attached hydrogens (primary N) is 1. The van der Waals surface area contributed by atoms with Gasteiger partial charge in [0.25, 0.3) is 0 Å². The van der Waals surface area contributed by atoms with Crippen LogP contribution in [0.2, 0.25) is 0 Å². The van der Waals surface area contributed by atoms with Gasteiger partial charge in [0.1, 0.15) is 12.4 Å². The zero-order chi connectivity index (χ0) is 17.9. The number of hydrogen-bond donors (Lipinski definition) is 2. The van der Waals surface area contributed by atoms with Crippen molar-refractivity contribution in [1.82, 2.24) is 9.55 Å². The van der Waals surface area contributed by atoms with Crippen LogP contribution in [0.25, 0.3) is 0 Å². The number of hydrogen-bond acceptors (Lipinski definition) is 9. The molecule has 132 valence electrons. The van der Waals surface area contributed by atoms with Crippen molar-refractivity contribution >= 4 is 17.8 Å². The van der Waals surface area contributed by atoms with Gasteiger partial charge in [0, 0.05) is 20.0 Å². The molecule has 1 aromatic rings. The molecule has 10 nitrogen and oxygen atoms in total. The summed E-state index contributed by atoms with van der Waals surface area (Å²) in [6, 6.07) is 1.39. The van der Waals surface area contributed by atoms with Gasteiger partial charge in [-0.25, -0.2) is 4.79 Å². The van der Waals surface area contributed by atoms with Gasteiger partial charge < -0.3 is 25.1 Å². The van der Waals surface area contributed by atoms with Crippen LogP contribution >= 0.6 is 0 Å². The topological polar surface area (TPSA) is 143 Å². The summed E-state index contributed by atoms with van der Waals surface area (Å²) in [4.78, 5) is 38.1. The molecular weight excluding hydrogens is 322 g/mol. The largest absolute Gasteiger partial charge is 0.465 e. The zero-order valence-electron chi connectivity index (χ0n) is 13.2. The maximum Gasteiger partial charge on any atom is 0.351 e. The normalized spacial score (nSPS) is 26.1. The molecule has 1 saturated heterocycles. The third-order valence-electron chi connectivity index (χ3n) is 3.58. The first-order valence-corrected chi connectivity index (χ1v) is 7.25. The van der Waals surface area contributed by atoms with Crippen molar-refractivity contribution < 1.29 is 28.9 Å². The highest BCUT2D eigenvalue weighted by atomic mass is 16.6. The summed E-state index contributed by atoms with van der Waals surface area (Å²) < 4.78 is 17.0. The molecule has 0 spiro atoms. The van der Waals surface area contributed by atoms with Crippen LogP contribution in [-0.4, -0.2) is 52.0 Å². The third-order valence-corrected chi connectivity index (χ3v) is 3.58. The van der Waals surface area contributed by atoms with Gasteiger partial charge in [-0.05, 0) is 6.07 Å². The highest BCUT2D eigenvalue weighted by Gasteiger charge is 2.48. The zero-order valence-corrected chi connectivity index (χ0v) is 13.2. The van der Waals surface area contributed by atoms with Gasteiger partial charge in [-0.3, -0.25) is 14.2 Å². The Kier molecular flexibility index (Phi) is 5.52. The lowest BCUT2D eigenvalue weighted by Crippen LogP contribution is -2.38. The second-order valence-electron chi connectivity index (χ2n) is 5.33. The second kappa shape index (κ2) is 7.41. The van der Waals surface area contributed by atoms with Crippen LogP contribution in [0.3, 0.4) is 0 Å². The molecule has 2 rings (SSSR count). The Labute approximate surface area is 137 Å². The Morgan fingerprint density at radius 3 is 2.67 bits per heavy atom. The molecule has 1 aliphatic heterocycles. The van der Waals surface area contributed by atoms with Crippen LogP contribution < -0.4 is 11.4 Å². The number of rotatable bonds is 5. The lowest BCUT2D eigenvalue weighted by atomic mass is 9.99. The maximum atomic E-state index is 12.0. The molecule has 0 amide bonds. The molecule has 4 atom stereocenters. The monoisotopic (exact) mass is 341 g/mol. The van der Waals surface area contributed by atoms with Crippen LogP contribution in [0.15, 0.2) is 17.1 Å². The van der Waals surface area contributed by atoms with Gasteiger partial charge in [-0.2, -0.15) is 4.98 Å². The second-order valence-corrected chi connectivity index (χ2v) is 5.33. The Morgan fingerprint density at radius 1 is 1.42 bits per heavy atom. The van der Waals surface area contributed by atoms with E-state index in [0.29, 0.717) is 0 Å². The van der Waals surface area contributed by atoms with Crippen molar-refractivity contribution in [2.75, 3.05) is 18.9 Å². The van der Waals surface area contributed by atoms with E-state index in [1.807, 2.05) is 0 Å². The van der Waals surface area contributed by atoms with E-state index in [1.54, 1.807) is 0 Å². The van der Waals surface area contributed by atoms with Gasteiger partial charge in [-0.1, -0.05) is 0 Å². The number of ether oxygens (including phenoxy) is 3. The molecule has 3 N–H and O–H groups in total. The summed E-state index contributed by atoms with van der Waals surface area (Å²) >= 11 is 0. The van der Waals surface area contributed by atoms with Crippen molar-refractivity contribution in [3.05, 3.63) is 22.7 Å². The fourth-order valence-electron chi connectivity index (χ4n) is 2.56. The summed E-state index contributed by atoms with van der Waals surface area (Å²) in [7, 11) is 0. The van der Waals surface area contributed by atoms with E-state index in [4.69, 9.17) is 19.9 Å².